The second-order valence-corrected chi connectivity index (χ2v) is 4.45. The van der Waals surface area contributed by atoms with E-state index in [2.05, 4.69) is 15.3 Å². The van der Waals surface area contributed by atoms with Gasteiger partial charge in [0.25, 0.3) is 0 Å². The monoisotopic (exact) mass is 295 g/mol. The Bertz CT molecular complexity index is 759. The topological polar surface area (TPSA) is 40.7 Å². The highest BCUT2D eigenvalue weighted by Crippen LogP contribution is 2.32. The van der Waals surface area contributed by atoms with Crippen molar-refractivity contribution in [2.24, 2.45) is 0 Å². The molecule has 0 aliphatic rings. The highest BCUT2D eigenvalue weighted by molar-refractivity contribution is 5.78. The van der Waals surface area contributed by atoms with Gasteiger partial charge >= 0.3 is 6.18 Å². The van der Waals surface area contributed by atoms with Gasteiger partial charge in [0, 0.05) is 5.69 Å². The lowest BCUT2D eigenvalue weighted by molar-refractivity contribution is -0.137. The molecule has 0 saturated carbocycles. The summed E-state index contributed by atoms with van der Waals surface area (Å²) in [7, 11) is 0. The van der Waals surface area contributed by atoms with Gasteiger partial charge in [-0.25, -0.2) is 9.37 Å². The van der Waals surface area contributed by atoms with Crippen molar-refractivity contribution in [2.45, 2.75) is 6.18 Å². The molecule has 0 unspecified atom stereocenters. The van der Waals surface area contributed by atoms with Crippen molar-refractivity contribution in [1.82, 2.24) is 9.97 Å². The van der Waals surface area contributed by atoms with E-state index in [0.717, 1.165) is 17.6 Å². The normalized spacial score (nSPS) is 11.8. The number of H-pyrrole nitrogens is 1. The van der Waals surface area contributed by atoms with Crippen LogP contribution < -0.4 is 5.32 Å². The van der Waals surface area contributed by atoms with Gasteiger partial charge in [-0.3, -0.25) is 0 Å². The number of fused-ring (bicyclic) bond motifs is 1. The molecule has 2 N–H and O–H groups in total. The van der Waals surface area contributed by atoms with Gasteiger partial charge in [0.15, 0.2) is 0 Å². The van der Waals surface area contributed by atoms with Crippen LogP contribution in [0.4, 0.5) is 29.2 Å². The molecule has 108 valence electrons. The summed E-state index contributed by atoms with van der Waals surface area (Å²) in [4.78, 5) is 7.05. The van der Waals surface area contributed by atoms with Gasteiger partial charge in [0.2, 0.25) is 5.95 Å². The van der Waals surface area contributed by atoms with Gasteiger partial charge < -0.3 is 10.3 Å². The van der Waals surface area contributed by atoms with Gasteiger partial charge in [-0.15, -0.1) is 0 Å². The van der Waals surface area contributed by atoms with E-state index in [4.69, 9.17) is 0 Å². The Labute approximate surface area is 116 Å². The molecule has 0 bridgehead atoms. The molecule has 0 radical (unpaired) electrons. The van der Waals surface area contributed by atoms with Crippen molar-refractivity contribution < 1.29 is 17.6 Å². The minimum atomic E-state index is -4.60. The number of imidazole rings is 1. The molecule has 3 nitrogen and oxygen atoms in total. The third-order valence-corrected chi connectivity index (χ3v) is 2.88. The molecule has 3 rings (SSSR count). The number of alkyl halides is 3. The van der Waals surface area contributed by atoms with E-state index in [9.17, 15) is 17.6 Å². The maximum atomic E-state index is 13.3. The van der Waals surface area contributed by atoms with Gasteiger partial charge in [0.05, 0.1) is 16.6 Å². The second kappa shape index (κ2) is 4.76. The van der Waals surface area contributed by atoms with Gasteiger partial charge in [-0.1, -0.05) is 12.1 Å². The molecule has 7 heteroatoms. The number of hydrogen-bond acceptors (Lipinski definition) is 2. The molecule has 1 heterocycles. The number of para-hydroxylation sites is 2. The summed E-state index contributed by atoms with van der Waals surface area (Å²) in [6.07, 6.45) is -4.60. The van der Waals surface area contributed by atoms with Crippen LogP contribution in [0.2, 0.25) is 0 Å². The van der Waals surface area contributed by atoms with Crippen LogP contribution in [0, 0.1) is 5.82 Å². The minimum Gasteiger partial charge on any atom is -0.326 e. The van der Waals surface area contributed by atoms with Gasteiger partial charge in [-0.05, 0) is 30.3 Å². The number of rotatable bonds is 2. The smallest absolute Gasteiger partial charge is 0.326 e. The number of aromatic amines is 1. The van der Waals surface area contributed by atoms with E-state index in [1.807, 2.05) is 0 Å². The van der Waals surface area contributed by atoms with Crippen LogP contribution in [0.1, 0.15) is 5.56 Å². The molecule has 0 amide bonds. The van der Waals surface area contributed by atoms with Crippen LogP contribution in [0.3, 0.4) is 0 Å². The Hall–Kier alpha value is -2.57. The van der Waals surface area contributed by atoms with Crippen molar-refractivity contribution in [3.05, 3.63) is 53.8 Å². The number of hydrogen-bond donors (Lipinski definition) is 2. The Balaban J connectivity index is 1.95. The standard InChI is InChI=1S/C14H9F4N3/c15-9-5-8(14(16,17)18)6-10(7-9)19-13-20-11-3-1-2-4-12(11)21-13/h1-7H,(H2,19,20,21). The van der Waals surface area contributed by atoms with E-state index in [1.165, 1.54) is 0 Å². The summed E-state index contributed by atoms with van der Waals surface area (Å²) < 4.78 is 51.2. The van der Waals surface area contributed by atoms with Crippen molar-refractivity contribution in [1.29, 1.82) is 0 Å². The fraction of sp³-hybridized carbons (Fsp3) is 0.0714. The number of nitrogens with one attached hydrogen (secondary N) is 2. The lowest BCUT2D eigenvalue weighted by Crippen LogP contribution is -2.06. The summed E-state index contributed by atoms with van der Waals surface area (Å²) >= 11 is 0. The summed E-state index contributed by atoms with van der Waals surface area (Å²) in [5, 5.41) is 2.64. The van der Waals surface area contributed by atoms with Gasteiger partial charge in [-0.2, -0.15) is 13.2 Å². The zero-order valence-corrected chi connectivity index (χ0v) is 10.5. The Morgan fingerprint density at radius 3 is 2.52 bits per heavy atom. The summed E-state index contributed by atoms with van der Waals surface area (Å²) in [5.74, 6) is -0.724. The third kappa shape index (κ3) is 2.81. The van der Waals surface area contributed by atoms with E-state index < -0.39 is 17.6 Å². The van der Waals surface area contributed by atoms with Gasteiger partial charge in [0.1, 0.15) is 5.82 Å². The highest BCUT2D eigenvalue weighted by Gasteiger charge is 2.31. The molecule has 0 fully saturated rings. The Morgan fingerprint density at radius 2 is 1.81 bits per heavy atom. The molecular formula is C14H9F4N3. The lowest BCUT2D eigenvalue weighted by atomic mass is 10.2. The first-order valence-electron chi connectivity index (χ1n) is 6.01. The molecule has 21 heavy (non-hydrogen) atoms. The molecule has 1 aromatic heterocycles. The lowest BCUT2D eigenvalue weighted by Gasteiger charge is -2.09. The molecular weight excluding hydrogens is 286 g/mol. The first kappa shape index (κ1) is 13.4. The van der Waals surface area contributed by atoms with E-state index in [-0.39, 0.29) is 11.6 Å². The maximum Gasteiger partial charge on any atom is 0.416 e. The average molecular weight is 295 g/mol. The van der Waals surface area contributed by atoms with Crippen molar-refractivity contribution in [2.75, 3.05) is 5.32 Å². The Kier molecular flexibility index (Phi) is 3.04. The number of halogens is 4. The molecule has 0 aliphatic heterocycles. The predicted molar refractivity (Wildman–Crippen MR) is 70.8 cm³/mol. The number of nitrogens with zero attached hydrogens (tertiary/aromatic N) is 1. The van der Waals surface area contributed by atoms with E-state index in [1.54, 1.807) is 24.3 Å². The van der Waals surface area contributed by atoms with Crippen LogP contribution in [-0.4, -0.2) is 9.97 Å². The van der Waals surface area contributed by atoms with Crippen LogP contribution in [0.25, 0.3) is 11.0 Å². The average Bonchev–Trinajstić information content (AvgIpc) is 2.79. The molecule has 0 atom stereocenters. The first-order chi connectivity index (χ1) is 9.91. The SMILES string of the molecule is Fc1cc(Nc2nc3ccccc3[nH]2)cc(C(F)(F)F)c1. The van der Waals surface area contributed by atoms with Crippen molar-refractivity contribution in [3.63, 3.8) is 0 Å². The zero-order chi connectivity index (χ0) is 15.0. The maximum absolute atomic E-state index is 13.3. The van der Waals surface area contributed by atoms with Crippen LogP contribution in [0.15, 0.2) is 42.5 Å². The molecule has 0 spiro atoms. The zero-order valence-electron chi connectivity index (χ0n) is 10.5. The third-order valence-electron chi connectivity index (χ3n) is 2.88. The number of anilines is 2. The van der Waals surface area contributed by atoms with E-state index in [0.29, 0.717) is 11.6 Å². The number of benzene rings is 2. The van der Waals surface area contributed by atoms with Crippen molar-refractivity contribution >= 4 is 22.7 Å². The van der Waals surface area contributed by atoms with Crippen LogP contribution >= 0.6 is 0 Å². The molecule has 3 aromatic rings. The van der Waals surface area contributed by atoms with Crippen LogP contribution in [-0.2, 0) is 6.18 Å². The molecule has 0 aliphatic carbocycles. The fourth-order valence-electron chi connectivity index (χ4n) is 1.97. The van der Waals surface area contributed by atoms with E-state index >= 15 is 0 Å². The first-order valence-corrected chi connectivity index (χ1v) is 6.01. The number of aromatic nitrogens is 2. The molecule has 0 saturated heterocycles. The molecule has 2 aromatic carbocycles. The summed E-state index contributed by atoms with van der Waals surface area (Å²) in [6.45, 7) is 0. The summed E-state index contributed by atoms with van der Waals surface area (Å²) in [5.41, 5.74) is 0.308. The second-order valence-electron chi connectivity index (χ2n) is 4.45. The van der Waals surface area contributed by atoms with Crippen LogP contribution in [0.5, 0.6) is 0 Å². The van der Waals surface area contributed by atoms with Crippen molar-refractivity contribution in [3.8, 4) is 0 Å². The Morgan fingerprint density at radius 1 is 1.05 bits per heavy atom. The minimum absolute atomic E-state index is 0.0265. The summed E-state index contributed by atoms with van der Waals surface area (Å²) in [6, 6.07) is 9.37. The largest absolute Gasteiger partial charge is 0.416 e. The highest BCUT2D eigenvalue weighted by atomic mass is 19.4. The quantitative estimate of drug-likeness (QED) is 0.685. The fourth-order valence-corrected chi connectivity index (χ4v) is 1.97. The predicted octanol–water partition coefficient (Wildman–Crippen LogP) is 4.46.